The van der Waals surface area contributed by atoms with Crippen molar-refractivity contribution in [3.8, 4) is 0 Å². The van der Waals surface area contributed by atoms with Gasteiger partial charge in [-0.2, -0.15) is 0 Å². The number of imidazole rings is 1. The van der Waals surface area contributed by atoms with Crippen molar-refractivity contribution in [3.05, 3.63) is 65.7 Å². The molecule has 0 bridgehead atoms. The molecule has 2 heterocycles. The summed E-state index contributed by atoms with van der Waals surface area (Å²) in [6.07, 6.45) is 10.2. The average molecular weight is 361 g/mol. The molecule has 2 saturated carbocycles. The van der Waals surface area contributed by atoms with Crippen molar-refractivity contribution in [3.63, 3.8) is 0 Å². The van der Waals surface area contributed by atoms with Gasteiger partial charge in [0.15, 0.2) is 0 Å². The second-order valence-corrected chi connectivity index (χ2v) is 8.36. The van der Waals surface area contributed by atoms with E-state index < -0.39 is 6.10 Å². The molecule has 3 aromatic rings. The smallest absolute Gasteiger partial charge is 0.0995 e. The molecule has 2 aromatic heterocycles. The summed E-state index contributed by atoms with van der Waals surface area (Å²) in [5.41, 5.74) is 11.5. The number of pyridine rings is 1. The number of aromatic nitrogens is 2. The second-order valence-electron chi connectivity index (χ2n) is 8.36. The number of aliphatic hydroxyl groups is 1. The van der Waals surface area contributed by atoms with E-state index in [9.17, 15) is 5.11 Å². The van der Waals surface area contributed by atoms with E-state index in [2.05, 4.69) is 33.7 Å². The number of fused-ring (bicyclic) bond motifs is 1. The number of anilines is 1. The van der Waals surface area contributed by atoms with Crippen LogP contribution in [-0.4, -0.2) is 14.5 Å². The minimum Gasteiger partial charge on any atom is -0.399 e. The lowest BCUT2D eigenvalue weighted by molar-refractivity contribution is 0.0754. The lowest BCUT2D eigenvalue weighted by Gasteiger charge is -2.33. The molecular formula is C23H27N3O. The van der Waals surface area contributed by atoms with Crippen molar-refractivity contribution < 1.29 is 5.11 Å². The Hall–Kier alpha value is -2.33. The summed E-state index contributed by atoms with van der Waals surface area (Å²) >= 11 is 0. The lowest BCUT2D eigenvalue weighted by Crippen LogP contribution is -2.22. The van der Waals surface area contributed by atoms with Crippen LogP contribution in [0.3, 0.4) is 0 Å². The normalized spacial score (nSPS) is 24.2. The summed E-state index contributed by atoms with van der Waals surface area (Å²) in [5.74, 6) is 1.52. The zero-order chi connectivity index (χ0) is 18.4. The highest BCUT2D eigenvalue weighted by Crippen LogP contribution is 2.47. The fraction of sp³-hybridized carbons (Fsp3) is 0.435. The van der Waals surface area contributed by atoms with Crippen LogP contribution in [0, 0.1) is 5.92 Å². The maximum Gasteiger partial charge on any atom is 0.0995 e. The molecule has 5 rings (SSSR count). The monoisotopic (exact) mass is 361 g/mol. The summed E-state index contributed by atoms with van der Waals surface area (Å²) < 4.78 is 2.12. The molecule has 2 fully saturated rings. The number of benzene rings is 1. The van der Waals surface area contributed by atoms with E-state index in [0.29, 0.717) is 17.8 Å². The molecular weight excluding hydrogens is 334 g/mol. The Balaban J connectivity index is 1.37. The number of hydrogen-bond donors (Lipinski definition) is 2. The SMILES string of the molecule is Nc1ccc([C@H]2CC[C@H]([C@@H](O)c3c(C4CC4)ccc4cncn34)CC2)cc1. The Morgan fingerprint density at radius 1 is 0.926 bits per heavy atom. The van der Waals surface area contributed by atoms with Gasteiger partial charge in [-0.15, -0.1) is 0 Å². The van der Waals surface area contributed by atoms with Gasteiger partial charge in [-0.05, 0) is 85.6 Å². The largest absolute Gasteiger partial charge is 0.399 e. The van der Waals surface area contributed by atoms with Crippen molar-refractivity contribution in [2.75, 3.05) is 5.73 Å². The molecule has 0 radical (unpaired) electrons. The fourth-order valence-electron chi connectivity index (χ4n) is 4.84. The van der Waals surface area contributed by atoms with Crippen LogP contribution in [-0.2, 0) is 0 Å². The maximum absolute atomic E-state index is 11.3. The lowest BCUT2D eigenvalue weighted by atomic mass is 9.75. The predicted octanol–water partition coefficient (Wildman–Crippen LogP) is 4.80. The van der Waals surface area contributed by atoms with Crippen molar-refractivity contribution in [1.29, 1.82) is 0 Å². The molecule has 2 aliphatic rings. The molecule has 0 saturated heterocycles. The highest BCUT2D eigenvalue weighted by atomic mass is 16.3. The van der Waals surface area contributed by atoms with Gasteiger partial charge in [-0.3, -0.25) is 0 Å². The number of rotatable bonds is 4. The molecule has 0 spiro atoms. The number of aliphatic hydroxyl groups excluding tert-OH is 1. The summed E-state index contributed by atoms with van der Waals surface area (Å²) in [5, 5.41) is 11.3. The van der Waals surface area contributed by atoms with E-state index in [4.69, 9.17) is 5.73 Å². The molecule has 0 unspecified atom stereocenters. The zero-order valence-corrected chi connectivity index (χ0v) is 15.6. The van der Waals surface area contributed by atoms with Gasteiger partial charge in [0.1, 0.15) is 0 Å². The van der Waals surface area contributed by atoms with E-state index in [1.54, 1.807) is 0 Å². The van der Waals surface area contributed by atoms with Crippen molar-refractivity contribution >= 4 is 11.2 Å². The summed E-state index contributed by atoms with van der Waals surface area (Å²) in [4.78, 5) is 4.31. The summed E-state index contributed by atoms with van der Waals surface area (Å²) in [6.45, 7) is 0. The Morgan fingerprint density at radius 2 is 1.63 bits per heavy atom. The Bertz CT molecular complexity index is 934. The van der Waals surface area contributed by atoms with Crippen LogP contribution in [0.15, 0.2) is 48.9 Å². The van der Waals surface area contributed by atoms with Gasteiger partial charge in [-0.1, -0.05) is 18.2 Å². The molecule has 4 nitrogen and oxygen atoms in total. The first-order valence-electron chi connectivity index (χ1n) is 10.2. The standard InChI is InChI=1S/C23H27N3O/c24-19-9-7-16(8-10-19)15-1-5-18(6-2-15)23(27)22-21(17-3-4-17)12-11-20-13-25-14-26(20)22/h7-15,17-18,23,27H,1-6,24H2/t15-,18-,23-/m1/s1. The summed E-state index contributed by atoms with van der Waals surface area (Å²) in [7, 11) is 0. The minimum atomic E-state index is -0.411. The number of nitrogen functional groups attached to an aromatic ring is 1. The van der Waals surface area contributed by atoms with Crippen molar-refractivity contribution in [2.45, 2.75) is 56.5 Å². The van der Waals surface area contributed by atoms with Crippen LogP contribution in [0.1, 0.15) is 73.3 Å². The Morgan fingerprint density at radius 3 is 2.33 bits per heavy atom. The third kappa shape index (κ3) is 3.12. The molecule has 1 aromatic carbocycles. The molecule has 4 heteroatoms. The van der Waals surface area contributed by atoms with Crippen molar-refractivity contribution in [2.24, 2.45) is 5.92 Å². The topological polar surface area (TPSA) is 63.5 Å². The van der Waals surface area contributed by atoms with E-state index in [1.807, 2.05) is 24.7 Å². The highest BCUT2D eigenvalue weighted by Gasteiger charge is 2.34. The summed E-state index contributed by atoms with van der Waals surface area (Å²) in [6, 6.07) is 12.7. The van der Waals surface area contributed by atoms with Crippen molar-refractivity contribution in [1.82, 2.24) is 9.38 Å². The quantitative estimate of drug-likeness (QED) is 0.656. The molecule has 3 N–H and O–H groups in total. The zero-order valence-electron chi connectivity index (χ0n) is 15.6. The molecule has 140 valence electrons. The second kappa shape index (κ2) is 6.68. The molecule has 0 aliphatic heterocycles. The van der Waals surface area contributed by atoms with Crippen LogP contribution in [0.2, 0.25) is 0 Å². The van der Waals surface area contributed by atoms with E-state index in [-0.39, 0.29) is 0 Å². The molecule has 1 atom stereocenters. The van der Waals surface area contributed by atoms with Crippen LogP contribution in [0.5, 0.6) is 0 Å². The van der Waals surface area contributed by atoms with Crippen LogP contribution in [0.4, 0.5) is 5.69 Å². The average Bonchev–Trinajstić information content (AvgIpc) is 3.44. The van der Waals surface area contributed by atoms with Crippen LogP contribution < -0.4 is 5.73 Å². The maximum atomic E-state index is 11.3. The third-order valence-electron chi connectivity index (χ3n) is 6.58. The first-order valence-corrected chi connectivity index (χ1v) is 10.2. The first kappa shape index (κ1) is 16.8. The van der Waals surface area contributed by atoms with Gasteiger partial charge in [0.25, 0.3) is 0 Å². The van der Waals surface area contributed by atoms with Gasteiger partial charge in [0, 0.05) is 5.69 Å². The number of nitrogens with zero attached hydrogens (tertiary/aromatic N) is 2. The van der Waals surface area contributed by atoms with Gasteiger partial charge in [0.05, 0.1) is 29.8 Å². The highest BCUT2D eigenvalue weighted by molar-refractivity contribution is 5.50. The van der Waals surface area contributed by atoms with Gasteiger partial charge in [-0.25, -0.2) is 4.98 Å². The number of nitrogens with two attached hydrogens (primary N) is 1. The molecule has 27 heavy (non-hydrogen) atoms. The minimum absolute atomic E-state index is 0.320. The molecule has 0 amide bonds. The van der Waals surface area contributed by atoms with E-state index >= 15 is 0 Å². The van der Waals surface area contributed by atoms with E-state index in [0.717, 1.165) is 42.6 Å². The number of hydrogen-bond acceptors (Lipinski definition) is 3. The fourth-order valence-corrected chi connectivity index (χ4v) is 4.84. The van der Waals surface area contributed by atoms with Crippen LogP contribution in [0.25, 0.3) is 5.52 Å². The van der Waals surface area contributed by atoms with Gasteiger partial charge in [0.2, 0.25) is 0 Å². The van der Waals surface area contributed by atoms with E-state index in [1.165, 1.54) is 24.0 Å². The molecule has 2 aliphatic carbocycles. The van der Waals surface area contributed by atoms with Crippen LogP contribution >= 0.6 is 0 Å². The Kier molecular flexibility index (Phi) is 4.16. The first-order chi connectivity index (χ1) is 13.2. The predicted molar refractivity (Wildman–Crippen MR) is 108 cm³/mol. The van der Waals surface area contributed by atoms with Gasteiger partial charge >= 0.3 is 0 Å². The van der Waals surface area contributed by atoms with Gasteiger partial charge < -0.3 is 15.2 Å². The third-order valence-corrected chi connectivity index (χ3v) is 6.58. The Labute approximate surface area is 160 Å².